The third kappa shape index (κ3) is 2.47. The fourth-order valence-corrected chi connectivity index (χ4v) is 2.36. The number of rotatable bonds is 2. The second-order valence-electron chi connectivity index (χ2n) is 4.66. The molecular formula is C13H20N2O. The molecule has 88 valence electrons. The molecule has 0 amide bonds. The highest BCUT2D eigenvalue weighted by Gasteiger charge is 2.22. The van der Waals surface area contributed by atoms with Crippen molar-refractivity contribution >= 4 is 11.4 Å². The van der Waals surface area contributed by atoms with Gasteiger partial charge in [0.05, 0.1) is 6.10 Å². The van der Waals surface area contributed by atoms with E-state index in [1.165, 1.54) is 5.69 Å². The van der Waals surface area contributed by atoms with Crippen molar-refractivity contribution in [1.29, 1.82) is 0 Å². The van der Waals surface area contributed by atoms with Crippen LogP contribution in [0.4, 0.5) is 11.4 Å². The molecular weight excluding hydrogens is 200 g/mol. The fraction of sp³-hybridized carbons (Fsp3) is 0.538. The van der Waals surface area contributed by atoms with E-state index in [-0.39, 0.29) is 6.10 Å². The van der Waals surface area contributed by atoms with E-state index in [4.69, 9.17) is 5.73 Å². The number of nitrogens with two attached hydrogens (primary N) is 1. The van der Waals surface area contributed by atoms with Gasteiger partial charge in [-0.1, -0.05) is 6.07 Å². The maximum absolute atomic E-state index is 9.54. The summed E-state index contributed by atoms with van der Waals surface area (Å²) >= 11 is 0. The first kappa shape index (κ1) is 11.3. The summed E-state index contributed by atoms with van der Waals surface area (Å²) in [5, 5.41) is 9.54. The number of aliphatic hydroxyl groups excluding tert-OH is 1. The van der Waals surface area contributed by atoms with Crippen molar-refractivity contribution in [3.05, 3.63) is 24.3 Å². The topological polar surface area (TPSA) is 49.5 Å². The Morgan fingerprint density at radius 1 is 1.38 bits per heavy atom. The van der Waals surface area contributed by atoms with Gasteiger partial charge in [0.2, 0.25) is 0 Å². The average Bonchev–Trinajstić information content (AvgIpc) is 2.29. The Morgan fingerprint density at radius 2 is 2.06 bits per heavy atom. The van der Waals surface area contributed by atoms with E-state index >= 15 is 0 Å². The average molecular weight is 220 g/mol. The molecule has 1 fully saturated rings. The van der Waals surface area contributed by atoms with Crippen LogP contribution in [-0.4, -0.2) is 24.3 Å². The molecule has 1 atom stereocenters. The SMILES string of the molecule is CC(O)C1CCN(c2cccc(N)c2)CC1. The molecule has 1 aliphatic rings. The summed E-state index contributed by atoms with van der Waals surface area (Å²) in [6.07, 6.45) is 1.95. The van der Waals surface area contributed by atoms with Crippen LogP contribution in [0.1, 0.15) is 19.8 Å². The van der Waals surface area contributed by atoms with Crippen molar-refractivity contribution in [1.82, 2.24) is 0 Å². The number of anilines is 2. The number of hydrogen-bond donors (Lipinski definition) is 2. The normalized spacial score (nSPS) is 19.8. The number of piperidine rings is 1. The molecule has 2 rings (SSSR count). The Kier molecular flexibility index (Phi) is 3.34. The minimum atomic E-state index is -0.178. The van der Waals surface area contributed by atoms with E-state index in [1.54, 1.807) is 0 Å². The summed E-state index contributed by atoms with van der Waals surface area (Å²) in [6.45, 7) is 3.92. The molecule has 0 aliphatic carbocycles. The van der Waals surface area contributed by atoms with E-state index in [9.17, 15) is 5.11 Å². The van der Waals surface area contributed by atoms with Crippen molar-refractivity contribution in [3.63, 3.8) is 0 Å². The van der Waals surface area contributed by atoms with Gasteiger partial charge in [-0.25, -0.2) is 0 Å². The van der Waals surface area contributed by atoms with E-state index in [0.29, 0.717) is 5.92 Å². The lowest BCUT2D eigenvalue weighted by atomic mass is 9.92. The van der Waals surface area contributed by atoms with Crippen molar-refractivity contribution < 1.29 is 5.11 Å². The molecule has 3 nitrogen and oxygen atoms in total. The summed E-state index contributed by atoms with van der Waals surface area (Å²) in [7, 11) is 0. The minimum Gasteiger partial charge on any atom is -0.399 e. The van der Waals surface area contributed by atoms with Gasteiger partial charge >= 0.3 is 0 Å². The van der Waals surface area contributed by atoms with Crippen LogP contribution in [0.5, 0.6) is 0 Å². The second-order valence-corrected chi connectivity index (χ2v) is 4.66. The zero-order valence-corrected chi connectivity index (χ0v) is 9.76. The van der Waals surface area contributed by atoms with Crippen molar-refractivity contribution in [2.45, 2.75) is 25.9 Å². The highest BCUT2D eigenvalue weighted by molar-refractivity contribution is 5.56. The van der Waals surface area contributed by atoms with Crippen LogP contribution >= 0.6 is 0 Å². The molecule has 1 heterocycles. The van der Waals surface area contributed by atoms with Crippen LogP contribution in [0.3, 0.4) is 0 Å². The highest BCUT2D eigenvalue weighted by Crippen LogP contribution is 2.26. The van der Waals surface area contributed by atoms with Gasteiger partial charge in [-0.05, 0) is 43.9 Å². The largest absolute Gasteiger partial charge is 0.399 e. The van der Waals surface area contributed by atoms with Gasteiger partial charge in [-0.3, -0.25) is 0 Å². The molecule has 1 aromatic rings. The first-order valence-electron chi connectivity index (χ1n) is 5.95. The molecule has 0 spiro atoms. The molecule has 1 unspecified atom stereocenters. The Balaban J connectivity index is 1.99. The standard InChI is InChI=1S/C13H20N2O/c1-10(16)11-5-7-15(8-6-11)13-4-2-3-12(14)9-13/h2-4,9-11,16H,5-8,14H2,1H3. The van der Waals surface area contributed by atoms with E-state index in [1.807, 2.05) is 25.1 Å². The molecule has 3 N–H and O–H groups in total. The molecule has 1 aliphatic heterocycles. The van der Waals surface area contributed by atoms with Gasteiger partial charge in [0.25, 0.3) is 0 Å². The lowest BCUT2D eigenvalue weighted by molar-refractivity contribution is 0.110. The van der Waals surface area contributed by atoms with Crippen molar-refractivity contribution in [3.8, 4) is 0 Å². The van der Waals surface area contributed by atoms with Gasteiger partial charge in [0.15, 0.2) is 0 Å². The van der Waals surface area contributed by atoms with Crippen LogP contribution in [0.2, 0.25) is 0 Å². The van der Waals surface area contributed by atoms with Crippen molar-refractivity contribution in [2.75, 3.05) is 23.7 Å². The molecule has 1 saturated heterocycles. The van der Waals surface area contributed by atoms with Crippen LogP contribution in [0.15, 0.2) is 24.3 Å². The Labute approximate surface area is 96.9 Å². The lowest BCUT2D eigenvalue weighted by Gasteiger charge is -2.34. The number of nitrogens with zero attached hydrogens (tertiary/aromatic N) is 1. The summed E-state index contributed by atoms with van der Waals surface area (Å²) in [5.74, 6) is 0.456. The molecule has 0 saturated carbocycles. The monoisotopic (exact) mass is 220 g/mol. The molecule has 0 aromatic heterocycles. The Hall–Kier alpha value is -1.22. The van der Waals surface area contributed by atoms with Crippen LogP contribution < -0.4 is 10.6 Å². The quantitative estimate of drug-likeness (QED) is 0.748. The van der Waals surface area contributed by atoms with E-state index < -0.39 is 0 Å². The van der Waals surface area contributed by atoms with Gasteiger partial charge in [0, 0.05) is 24.5 Å². The summed E-state index contributed by atoms with van der Waals surface area (Å²) in [6, 6.07) is 8.01. The maximum Gasteiger partial charge on any atom is 0.0541 e. The molecule has 3 heteroatoms. The van der Waals surface area contributed by atoms with Crippen LogP contribution in [0.25, 0.3) is 0 Å². The number of benzene rings is 1. The summed E-state index contributed by atoms with van der Waals surface area (Å²) in [5.41, 5.74) is 7.79. The lowest BCUT2D eigenvalue weighted by Crippen LogP contribution is -2.37. The van der Waals surface area contributed by atoms with Gasteiger partial charge in [-0.15, -0.1) is 0 Å². The van der Waals surface area contributed by atoms with Crippen LogP contribution in [-0.2, 0) is 0 Å². The summed E-state index contributed by atoms with van der Waals surface area (Å²) < 4.78 is 0. The van der Waals surface area contributed by atoms with Crippen molar-refractivity contribution in [2.24, 2.45) is 5.92 Å². The number of hydrogen-bond acceptors (Lipinski definition) is 3. The van der Waals surface area contributed by atoms with Crippen LogP contribution in [0, 0.1) is 5.92 Å². The first-order chi connectivity index (χ1) is 7.66. The number of nitrogen functional groups attached to an aromatic ring is 1. The van der Waals surface area contributed by atoms with E-state index in [0.717, 1.165) is 31.6 Å². The number of aliphatic hydroxyl groups is 1. The predicted molar refractivity (Wildman–Crippen MR) is 67.5 cm³/mol. The van der Waals surface area contributed by atoms with E-state index in [2.05, 4.69) is 11.0 Å². The second kappa shape index (κ2) is 4.74. The summed E-state index contributed by atoms with van der Waals surface area (Å²) in [4.78, 5) is 2.34. The molecule has 1 aromatic carbocycles. The third-order valence-electron chi connectivity index (χ3n) is 3.46. The maximum atomic E-state index is 9.54. The third-order valence-corrected chi connectivity index (χ3v) is 3.46. The first-order valence-corrected chi connectivity index (χ1v) is 5.95. The zero-order valence-electron chi connectivity index (χ0n) is 9.76. The molecule has 0 radical (unpaired) electrons. The highest BCUT2D eigenvalue weighted by atomic mass is 16.3. The molecule has 0 bridgehead atoms. The van der Waals surface area contributed by atoms with Gasteiger partial charge in [-0.2, -0.15) is 0 Å². The smallest absolute Gasteiger partial charge is 0.0541 e. The predicted octanol–water partition coefficient (Wildman–Crippen LogP) is 1.87. The van der Waals surface area contributed by atoms with Gasteiger partial charge < -0.3 is 15.7 Å². The van der Waals surface area contributed by atoms with Gasteiger partial charge in [0.1, 0.15) is 0 Å². The molecule has 16 heavy (non-hydrogen) atoms. The zero-order chi connectivity index (χ0) is 11.5. The fourth-order valence-electron chi connectivity index (χ4n) is 2.36. The Bertz CT molecular complexity index is 344. The Morgan fingerprint density at radius 3 is 2.62 bits per heavy atom. The minimum absolute atomic E-state index is 0.178.